The van der Waals surface area contributed by atoms with Gasteiger partial charge in [0.1, 0.15) is 5.82 Å². The Morgan fingerprint density at radius 3 is 2.59 bits per heavy atom. The van der Waals surface area contributed by atoms with E-state index in [1.54, 1.807) is 17.6 Å². The summed E-state index contributed by atoms with van der Waals surface area (Å²) in [6.07, 6.45) is 2.77. The molecule has 2 amide bonds. The van der Waals surface area contributed by atoms with Crippen molar-refractivity contribution in [3.8, 4) is 0 Å². The number of halogens is 1. The van der Waals surface area contributed by atoms with Gasteiger partial charge in [0.25, 0.3) is 0 Å². The lowest BCUT2D eigenvalue weighted by Crippen LogP contribution is -2.47. The molecular formula is C20H26FN5O2S. The third-order valence-corrected chi connectivity index (χ3v) is 5.49. The number of hydrogen-bond donors (Lipinski definition) is 2. The predicted octanol–water partition coefficient (Wildman–Crippen LogP) is 2.33. The SMILES string of the molecule is O=C(CCC(=O)Nc1nccs1)NCCCN1CCN(c2ccccc2F)CC1. The third kappa shape index (κ3) is 6.79. The van der Waals surface area contributed by atoms with Crippen molar-refractivity contribution in [3.05, 3.63) is 41.7 Å². The molecule has 0 saturated carbocycles. The maximum Gasteiger partial charge on any atom is 0.226 e. The Hall–Kier alpha value is -2.52. The van der Waals surface area contributed by atoms with Gasteiger partial charge in [-0.15, -0.1) is 11.3 Å². The number of benzene rings is 1. The number of rotatable bonds is 9. The number of hydrogen-bond acceptors (Lipinski definition) is 6. The number of carbonyl (C=O) groups is 2. The molecule has 2 aromatic rings. The topological polar surface area (TPSA) is 77.6 Å². The maximum atomic E-state index is 13.9. The number of piperazine rings is 1. The molecule has 156 valence electrons. The van der Waals surface area contributed by atoms with Crippen LogP contribution in [0.4, 0.5) is 15.2 Å². The first-order chi connectivity index (χ1) is 14.1. The highest BCUT2D eigenvalue weighted by atomic mass is 32.1. The lowest BCUT2D eigenvalue weighted by molar-refractivity contribution is -0.124. The quantitative estimate of drug-likeness (QED) is 0.610. The Balaban J connectivity index is 1.25. The molecule has 1 aromatic heterocycles. The molecule has 2 N–H and O–H groups in total. The summed E-state index contributed by atoms with van der Waals surface area (Å²) in [5, 5.41) is 7.85. The van der Waals surface area contributed by atoms with Gasteiger partial charge in [0.05, 0.1) is 5.69 Å². The second-order valence-electron chi connectivity index (χ2n) is 6.87. The summed E-state index contributed by atoms with van der Waals surface area (Å²) in [4.78, 5) is 32.0. The molecule has 1 aliphatic heterocycles. The first kappa shape index (κ1) is 21.2. The van der Waals surface area contributed by atoms with Gasteiger partial charge in [0.2, 0.25) is 11.8 Å². The van der Waals surface area contributed by atoms with Crippen molar-refractivity contribution in [1.29, 1.82) is 0 Å². The lowest BCUT2D eigenvalue weighted by Gasteiger charge is -2.36. The average Bonchev–Trinajstić information content (AvgIpc) is 3.23. The smallest absolute Gasteiger partial charge is 0.226 e. The van der Waals surface area contributed by atoms with Crippen LogP contribution in [0.1, 0.15) is 19.3 Å². The molecule has 0 radical (unpaired) electrons. The van der Waals surface area contributed by atoms with Gasteiger partial charge in [-0.2, -0.15) is 0 Å². The number of amides is 2. The van der Waals surface area contributed by atoms with Gasteiger partial charge in [0, 0.05) is 57.1 Å². The van der Waals surface area contributed by atoms with E-state index in [0.29, 0.717) is 17.4 Å². The highest BCUT2D eigenvalue weighted by Crippen LogP contribution is 2.20. The van der Waals surface area contributed by atoms with Crippen molar-refractivity contribution in [2.45, 2.75) is 19.3 Å². The Bertz CT molecular complexity index is 794. The molecule has 1 fully saturated rings. The van der Waals surface area contributed by atoms with E-state index in [1.165, 1.54) is 17.4 Å². The van der Waals surface area contributed by atoms with Crippen LogP contribution in [-0.2, 0) is 9.59 Å². The van der Waals surface area contributed by atoms with Crippen molar-refractivity contribution in [1.82, 2.24) is 15.2 Å². The number of aromatic nitrogens is 1. The minimum absolute atomic E-state index is 0.122. The maximum absolute atomic E-state index is 13.9. The lowest BCUT2D eigenvalue weighted by atomic mass is 10.2. The molecule has 0 spiro atoms. The summed E-state index contributed by atoms with van der Waals surface area (Å²) >= 11 is 1.35. The Morgan fingerprint density at radius 2 is 1.86 bits per heavy atom. The molecule has 0 unspecified atom stereocenters. The fraction of sp³-hybridized carbons (Fsp3) is 0.450. The zero-order chi connectivity index (χ0) is 20.5. The van der Waals surface area contributed by atoms with Crippen molar-refractivity contribution >= 4 is 34.0 Å². The number of nitrogens with one attached hydrogen (secondary N) is 2. The first-order valence-electron chi connectivity index (χ1n) is 9.79. The number of anilines is 2. The van der Waals surface area contributed by atoms with Crippen LogP contribution in [-0.4, -0.2) is 61.0 Å². The molecule has 2 heterocycles. The molecule has 7 nitrogen and oxygen atoms in total. The van der Waals surface area contributed by atoms with E-state index in [9.17, 15) is 14.0 Å². The van der Waals surface area contributed by atoms with E-state index < -0.39 is 0 Å². The van der Waals surface area contributed by atoms with E-state index >= 15 is 0 Å². The molecule has 0 aliphatic carbocycles. The number of nitrogens with zero attached hydrogens (tertiary/aromatic N) is 3. The van der Waals surface area contributed by atoms with E-state index in [2.05, 4.69) is 25.4 Å². The van der Waals surface area contributed by atoms with Gasteiger partial charge in [-0.25, -0.2) is 9.37 Å². The van der Waals surface area contributed by atoms with Crippen LogP contribution in [0.5, 0.6) is 0 Å². The zero-order valence-electron chi connectivity index (χ0n) is 16.3. The molecule has 0 atom stereocenters. The van der Waals surface area contributed by atoms with Crippen molar-refractivity contribution in [2.24, 2.45) is 0 Å². The summed E-state index contributed by atoms with van der Waals surface area (Å²) in [5.74, 6) is -0.504. The molecule has 9 heteroatoms. The number of carbonyl (C=O) groups excluding carboxylic acids is 2. The van der Waals surface area contributed by atoms with Crippen molar-refractivity contribution in [2.75, 3.05) is 49.5 Å². The number of para-hydroxylation sites is 1. The van der Waals surface area contributed by atoms with Crippen LogP contribution in [0.3, 0.4) is 0 Å². The summed E-state index contributed by atoms with van der Waals surface area (Å²) in [6, 6.07) is 6.87. The summed E-state index contributed by atoms with van der Waals surface area (Å²) in [7, 11) is 0. The van der Waals surface area contributed by atoms with Gasteiger partial charge in [-0.1, -0.05) is 12.1 Å². The molecule has 29 heavy (non-hydrogen) atoms. The largest absolute Gasteiger partial charge is 0.367 e. The first-order valence-corrected chi connectivity index (χ1v) is 10.7. The summed E-state index contributed by atoms with van der Waals surface area (Å²) in [6.45, 7) is 4.80. The monoisotopic (exact) mass is 419 g/mol. The van der Waals surface area contributed by atoms with Crippen molar-refractivity contribution in [3.63, 3.8) is 0 Å². The van der Waals surface area contributed by atoms with E-state index in [4.69, 9.17) is 0 Å². The molecule has 1 saturated heterocycles. The van der Waals surface area contributed by atoms with E-state index in [1.807, 2.05) is 12.1 Å². The van der Waals surface area contributed by atoms with Gasteiger partial charge < -0.3 is 15.5 Å². The fourth-order valence-corrected chi connectivity index (χ4v) is 3.78. The Kier molecular flexibility index (Phi) is 7.94. The second kappa shape index (κ2) is 10.9. The Morgan fingerprint density at radius 1 is 1.10 bits per heavy atom. The highest BCUT2D eigenvalue weighted by molar-refractivity contribution is 7.13. The van der Waals surface area contributed by atoms with Crippen LogP contribution in [0.15, 0.2) is 35.8 Å². The van der Waals surface area contributed by atoms with Gasteiger partial charge >= 0.3 is 0 Å². The van der Waals surface area contributed by atoms with Gasteiger partial charge in [-0.3, -0.25) is 14.5 Å². The highest BCUT2D eigenvalue weighted by Gasteiger charge is 2.18. The van der Waals surface area contributed by atoms with Crippen molar-refractivity contribution < 1.29 is 14.0 Å². The number of thiazole rings is 1. The molecule has 0 bridgehead atoms. The minimum Gasteiger partial charge on any atom is -0.367 e. The molecule has 1 aromatic carbocycles. The fourth-order valence-electron chi connectivity index (χ4n) is 3.23. The van der Waals surface area contributed by atoms with Crippen LogP contribution in [0.25, 0.3) is 0 Å². The van der Waals surface area contributed by atoms with Gasteiger partial charge in [-0.05, 0) is 25.1 Å². The summed E-state index contributed by atoms with van der Waals surface area (Å²) in [5.41, 5.74) is 0.665. The normalized spacial score (nSPS) is 14.6. The van der Waals surface area contributed by atoms with Crippen LogP contribution < -0.4 is 15.5 Å². The van der Waals surface area contributed by atoms with Crippen LogP contribution in [0.2, 0.25) is 0 Å². The van der Waals surface area contributed by atoms with Gasteiger partial charge in [0.15, 0.2) is 5.13 Å². The third-order valence-electron chi connectivity index (χ3n) is 4.80. The van der Waals surface area contributed by atoms with Crippen LogP contribution in [0, 0.1) is 5.82 Å². The zero-order valence-corrected chi connectivity index (χ0v) is 17.1. The van der Waals surface area contributed by atoms with E-state index in [0.717, 1.165) is 39.1 Å². The van der Waals surface area contributed by atoms with E-state index in [-0.39, 0.29) is 30.5 Å². The average molecular weight is 420 g/mol. The summed E-state index contributed by atoms with van der Waals surface area (Å²) < 4.78 is 13.9. The van der Waals surface area contributed by atoms with Crippen LogP contribution >= 0.6 is 11.3 Å². The Labute approximate surface area is 173 Å². The second-order valence-corrected chi connectivity index (χ2v) is 7.76. The minimum atomic E-state index is -0.206. The molecular weight excluding hydrogens is 393 g/mol. The molecule has 1 aliphatic rings. The molecule has 3 rings (SSSR count). The standard InChI is InChI=1S/C20H26FN5O2S/c21-16-4-1-2-5-17(16)26-13-11-25(12-14-26)10-3-8-22-18(27)6-7-19(28)24-20-23-9-15-29-20/h1-2,4-5,9,15H,3,6-8,10-14H2,(H,22,27)(H,23,24,28). The predicted molar refractivity (Wildman–Crippen MR) is 113 cm³/mol.